The number of benzene rings is 1. The zero-order valence-corrected chi connectivity index (χ0v) is 10.8. The van der Waals surface area contributed by atoms with Gasteiger partial charge in [-0.25, -0.2) is 0 Å². The van der Waals surface area contributed by atoms with Gasteiger partial charge in [0.25, 0.3) is 0 Å². The summed E-state index contributed by atoms with van der Waals surface area (Å²) in [4.78, 5) is 8.41. The molecule has 2 atom stereocenters. The molecule has 102 valence electrons. The van der Waals surface area contributed by atoms with Crippen molar-refractivity contribution in [1.82, 2.24) is 0 Å². The lowest BCUT2D eigenvalue weighted by Crippen LogP contribution is -2.24. The minimum Gasteiger partial charge on any atom is -0.394 e. The smallest absolute Gasteiger partial charge is 0.318 e. The third-order valence-corrected chi connectivity index (χ3v) is 2.47. The van der Waals surface area contributed by atoms with Crippen LogP contribution in [0.1, 0.15) is 5.56 Å². The van der Waals surface area contributed by atoms with Crippen LogP contribution >= 0.6 is 8.25 Å². The Morgan fingerprint density at radius 1 is 1.28 bits per heavy atom. The average Bonchev–Trinajstić information content (AvgIpc) is 2.38. The summed E-state index contributed by atoms with van der Waals surface area (Å²) in [7, 11) is -3.00. The van der Waals surface area contributed by atoms with Gasteiger partial charge in [0.1, 0.15) is 6.10 Å². The second-order valence-electron chi connectivity index (χ2n) is 3.50. The fourth-order valence-corrected chi connectivity index (χ4v) is 1.39. The maximum Gasteiger partial charge on any atom is 0.318 e. The summed E-state index contributed by atoms with van der Waals surface area (Å²) < 4.78 is 25.0. The topological polar surface area (TPSA) is 85.2 Å². The number of hydrogen-bond donors (Lipinski definition) is 2. The van der Waals surface area contributed by atoms with Crippen LogP contribution in [0.15, 0.2) is 30.3 Å². The molecule has 2 N–H and O–H groups in total. The molecular formula is C11H17O6P. The largest absolute Gasteiger partial charge is 0.394 e. The standard InChI is InChI=1S/C11H17O6P/c12-6-11(16-9-17-18(13)14)8-15-7-10-4-2-1-3-5-10/h1-5,11-12,18H,6-9H2,(H,13,14). The second kappa shape index (κ2) is 9.22. The molecule has 0 spiro atoms. The van der Waals surface area contributed by atoms with E-state index in [4.69, 9.17) is 19.5 Å². The third-order valence-electron chi connectivity index (χ3n) is 2.11. The molecule has 0 saturated heterocycles. The summed E-state index contributed by atoms with van der Waals surface area (Å²) in [6.45, 7) is 0.0119. The molecule has 0 bridgehead atoms. The second-order valence-corrected chi connectivity index (χ2v) is 4.32. The lowest BCUT2D eigenvalue weighted by molar-refractivity contribution is -0.0917. The first-order valence-corrected chi connectivity index (χ1v) is 6.68. The van der Waals surface area contributed by atoms with E-state index >= 15 is 0 Å². The highest BCUT2D eigenvalue weighted by Gasteiger charge is 2.08. The molecular weight excluding hydrogens is 259 g/mol. The van der Waals surface area contributed by atoms with E-state index in [1.807, 2.05) is 30.3 Å². The zero-order chi connectivity index (χ0) is 13.2. The normalized spacial score (nSPS) is 14.3. The SMILES string of the molecule is O=[PH](O)OCOC(CO)COCc1ccccc1. The highest BCUT2D eigenvalue weighted by atomic mass is 31.1. The Hall–Kier alpha value is -0.750. The van der Waals surface area contributed by atoms with Crippen molar-refractivity contribution in [3.63, 3.8) is 0 Å². The van der Waals surface area contributed by atoms with Gasteiger partial charge in [0, 0.05) is 0 Å². The summed E-state index contributed by atoms with van der Waals surface area (Å²) in [6.07, 6.45) is -0.574. The lowest BCUT2D eigenvalue weighted by Gasteiger charge is -2.15. The van der Waals surface area contributed by atoms with Crippen LogP contribution in [-0.2, 0) is 25.2 Å². The maximum atomic E-state index is 10.3. The van der Waals surface area contributed by atoms with Crippen molar-refractivity contribution in [2.45, 2.75) is 12.7 Å². The van der Waals surface area contributed by atoms with Crippen molar-refractivity contribution < 1.29 is 28.6 Å². The van der Waals surface area contributed by atoms with Crippen molar-refractivity contribution in [3.8, 4) is 0 Å². The van der Waals surface area contributed by atoms with Gasteiger partial charge in [-0.2, -0.15) is 0 Å². The molecule has 2 unspecified atom stereocenters. The van der Waals surface area contributed by atoms with Crippen molar-refractivity contribution in [2.75, 3.05) is 20.0 Å². The molecule has 0 aromatic heterocycles. The van der Waals surface area contributed by atoms with E-state index in [0.29, 0.717) is 6.61 Å². The fourth-order valence-electron chi connectivity index (χ4n) is 1.22. The molecule has 6 nitrogen and oxygen atoms in total. The molecule has 7 heteroatoms. The molecule has 1 aromatic carbocycles. The van der Waals surface area contributed by atoms with E-state index in [-0.39, 0.29) is 20.0 Å². The lowest BCUT2D eigenvalue weighted by atomic mass is 10.2. The number of aliphatic hydroxyl groups is 1. The Kier molecular flexibility index (Phi) is 7.84. The molecule has 0 amide bonds. The predicted molar refractivity (Wildman–Crippen MR) is 65.2 cm³/mol. The summed E-state index contributed by atoms with van der Waals surface area (Å²) in [5, 5.41) is 9.00. The van der Waals surface area contributed by atoms with Gasteiger partial charge in [0.15, 0.2) is 6.79 Å². The van der Waals surface area contributed by atoms with Crippen molar-refractivity contribution in [2.24, 2.45) is 0 Å². The number of rotatable bonds is 9. The monoisotopic (exact) mass is 276 g/mol. The summed E-state index contributed by atoms with van der Waals surface area (Å²) >= 11 is 0. The van der Waals surface area contributed by atoms with Gasteiger partial charge >= 0.3 is 8.25 Å². The van der Waals surface area contributed by atoms with Crippen molar-refractivity contribution in [1.29, 1.82) is 0 Å². The van der Waals surface area contributed by atoms with E-state index in [9.17, 15) is 4.57 Å². The average molecular weight is 276 g/mol. The Bertz CT molecular complexity index is 345. The van der Waals surface area contributed by atoms with Crippen LogP contribution in [-0.4, -0.2) is 36.1 Å². The molecule has 0 radical (unpaired) electrons. The molecule has 0 heterocycles. The van der Waals surface area contributed by atoms with Gasteiger partial charge in [-0.3, -0.25) is 9.09 Å². The van der Waals surface area contributed by atoms with E-state index in [1.165, 1.54) is 0 Å². The van der Waals surface area contributed by atoms with Crippen LogP contribution in [0.4, 0.5) is 0 Å². The molecule has 1 rings (SSSR count). The number of ether oxygens (including phenoxy) is 2. The van der Waals surface area contributed by atoms with E-state index in [2.05, 4.69) is 4.52 Å². The van der Waals surface area contributed by atoms with Gasteiger partial charge in [-0.15, -0.1) is 0 Å². The molecule has 0 saturated carbocycles. The van der Waals surface area contributed by atoms with Crippen molar-refractivity contribution >= 4 is 8.25 Å². The van der Waals surface area contributed by atoms with Gasteiger partial charge in [-0.05, 0) is 5.56 Å². The molecule has 0 aliphatic rings. The molecule has 1 aromatic rings. The summed E-state index contributed by atoms with van der Waals surface area (Å²) in [6, 6.07) is 9.58. The van der Waals surface area contributed by atoms with Crippen LogP contribution in [0.3, 0.4) is 0 Å². The first-order valence-electron chi connectivity index (χ1n) is 5.42. The molecule has 0 aliphatic heterocycles. The fraction of sp³-hybridized carbons (Fsp3) is 0.455. The van der Waals surface area contributed by atoms with Gasteiger partial charge in [0.2, 0.25) is 0 Å². The van der Waals surface area contributed by atoms with E-state index in [0.717, 1.165) is 5.56 Å². The van der Waals surface area contributed by atoms with Crippen LogP contribution in [0.5, 0.6) is 0 Å². The van der Waals surface area contributed by atoms with Crippen LogP contribution in [0, 0.1) is 0 Å². The minimum absolute atomic E-state index is 0.182. The Morgan fingerprint density at radius 3 is 2.61 bits per heavy atom. The molecule has 0 aliphatic carbocycles. The van der Waals surface area contributed by atoms with Crippen LogP contribution < -0.4 is 0 Å². The Labute approximate surface area is 106 Å². The summed E-state index contributed by atoms with van der Waals surface area (Å²) in [5.74, 6) is 0. The van der Waals surface area contributed by atoms with Gasteiger partial charge in [-0.1, -0.05) is 30.3 Å². The van der Waals surface area contributed by atoms with E-state index < -0.39 is 14.4 Å². The third kappa shape index (κ3) is 6.86. The minimum atomic E-state index is -3.00. The van der Waals surface area contributed by atoms with E-state index in [1.54, 1.807) is 0 Å². The maximum absolute atomic E-state index is 10.3. The molecule has 0 fully saturated rings. The first kappa shape index (κ1) is 15.3. The van der Waals surface area contributed by atoms with Gasteiger partial charge in [0.05, 0.1) is 19.8 Å². The number of aliphatic hydroxyl groups excluding tert-OH is 1. The van der Waals surface area contributed by atoms with Crippen LogP contribution in [0.25, 0.3) is 0 Å². The number of hydrogen-bond acceptors (Lipinski definition) is 5. The van der Waals surface area contributed by atoms with Crippen LogP contribution in [0.2, 0.25) is 0 Å². The van der Waals surface area contributed by atoms with Gasteiger partial charge < -0.3 is 19.5 Å². The Morgan fingerprint density at radius 2 is 2.00 bits per heavy atom. The Balaban J connectivity index is 2.17. The van der Waals surface area contributed by atoms with Crippen molar-refractivity contribution in [3.05, 3.63) is 35.9 Å². The predicted octanol–water partition coefficient (Wildman–Crippen LogP) is 0.937. The highest BCUT2D eigenvalue weighted by Crippen LogP contribution is 2.14. The quantitative estimate of drug-likeness (QED) is 0.515. The first-order chi connectivity index (χ1) is 8.72. The molecule has 18 heavy (non-hydrogen) atoms. The summed E-state index contributed by atoms with van der Waals surface area (Å²) in [5.41, 5.74) is 1.02. The highest BCUT2D eigenvalue weighted by molar-refractivity contribution is 7.32. The zero-order valence-electron chi connectivity index (χ0n) is 9.82.